The molecule has 0 fully saturated rings. The number of hydrogen-bond donors (Lipinski definition) is 2. The molecule has 0 aliphatic heterocycles. The maximum absolute atomic E-state index is 11.0. The Morgan fingerprint density at radius 3 is 2.80 bits per heavy atom. The third-order valence-electron chi connectivity index (χ3n) is 2.77. The van der Waals surface area contributed by atoms with Crippen molar-refractivity contribution in [3.63, 3.8) is 0 Å². The molecular formula is C11H14N2O2. The normalized spacial score (nSPS) is 12.2. The summed E-state index contributed by atoms with van der Waals surface area (Å²) in [5, 5.41) is 3.20. The fourth-order valence-corrected chi connectivity index (χ4v) is 1.48. The van der Waals surface area contributed by atoms with Gasteiger partial charge in [-0.25, -0.2) is 4.79 Å². The zero-order valence-corrected chi connectivity index (χ0v) is 9.05. The molecule has 0 radical (unpaired) electrons. The van der Waals surface area contributed by atoms with Crippen LogP contribution in [0.5, 0.6) is 0 Å². The van der Waals surface area contributed by atoms with Crippen LogP contribution >= 0.6 is 0 Å². The van der Waals surface area contributed by atoms with Gasteiger partial charge in [-0.3, -0.25) is 4.98 Å². The monoisotopic (exact) mass is 206 g/mol. The number of fused-ring (bicyclic) bond motifs is 1. The number of H-pyrrole nitrogens is 1. The molecule has 0 aliphatic carbocycles. The van der Waals surface area contributed by atoms with E-state index in [2.05, 4.69) is 24.1 Å². The van der Waals surface area contributed by atoms with Gasteiger partial charge in [0.25, 0.3) is 0 Å². The lowest BCUT2D eigenvalue weighted by atomic mass is 9.94. The smallest absolute Gasteiger partial charge is 0.408 e. The van der Waals surface area contributed by atoms with Crippen LogP contribution in [-0.4, -0.2) is 12.0 Å². The van der Waals surface area contributed by atoms with E-state index in [4.69, 9.17) is 4.42 Å². The lowest BCUT2D eigenvalue weighted by Crippen LogP contribution is -2.32. The molecular weight excluding hydrogens is 192 g/mol. The van der Waals surface area contributed by atoms with Crippen LogP contribution < -0.4 is 11.1 Å². The molecule has 4 nitrogen and oxygen atoms in total. The number of nitrogens with one attached hydrogen (secondary N) is 2. The van der Waals surface area contributed by atoms with Gasteiger partial charge in [0.05, 0.1) is 5.52 Å². The van der Waals surface area contributed by atoms with E-state index in [-0.39, 0.29) is 5.54 Å². The fourth-order valence-electron chi connectivity index (χ4n) is 1.48. The number of benzene rings is 1. The first-order valence-electron chi connectivity index (χ1n) is 4.85. The SMILES string of the molecule is CNC(C)(C)c1ccc2[nH]c(=O)oc2c1. The average molecular weight is 206 g/mol. The van der Waals surface area contributed by atoms with Gasteiger partial charge in [-0.15, -0.1) is 0 Å². The molecule has 1 aromatic heterocycles. The Bertz CT molecular complexity index is 537. The van der Waals surface area contributed by atoms with E-state index in [0.29, 0.717) is 5.58 Å². The van der Waals surface area contributed by atoms with Gasteiger partial charge in [0.2, 0.25) is 0 Å². The summed E-state index contributed by atoms with van der Waals surface area (Å²) in [4.78, 5) is 13.6. The largest absolute Gasteiger partial charge is 0.417 e. The second-order valence-electron chi connectivity index (χ2n) is 4.10. The van der Waals surface area contributed by atoms with Crippen molar-refractivity contribution in [2.24, 2.45) is 0 Å². The summed E-state index contributed by atoms with van der Waals surface area (Å²) in [5.74, 6) is -0.413. The molecule has 4 heteroatoms. The van der Waals surface area contributed by atoms with Crippen molar-refractivity contribution >= 4 is 11.1 Å². The summed E-state index contributed by atoms with van der Waals surface area (Å²) in [6, 6.07) is 5.71. The molecule has 0 atom stereocenters. The molecule has 2 N–H and O–H groups in total. The quantitative estimate of drug-likeness (QED) is 0.784. The average Bonchev–Trinajstić information content (AvgIpc) is 2.56. The number of hydrogen-bond acceptors (Lipinski definition) is 3. The van der Waals surface area contributed by atoms with E-state index in [0.717, 1.165) is 11.1 Å². The summed E-state index contributed by atoms with van der Waals surface area (Å²) in [7, 11) is 1.90. The summed E-state index contributed by atoms with van der Waals surface area (Å²) in [6.07, 6.45) is 0. The van der Waals surface area contributed by atoms with Gasteiger partial charge in [0.1, 0.15) is 0 Å². The van der Waals surface area contributed by atoms with E-state index < -0.39 is 5.76 Å². The Hall–Kier alpha value is -1.55. The minimum absolute atomic E-state index is 0.135. The molecule has 15 heavy (non-hydrogen) atoms. The van der Waals surface area contributed by atoms with Crippen LogP contribution in [0.2, 0.25) is 0 Å². The maximum Gasteiger partial charge on any atom is 0.417 e. The Kier molecular flexibility index (Phi) is 2.16. The number of aromatic amines is 1. The Morgan fingerprint density at radius 1 is 1.40 bits per heavy atom. The highest BCUT2D eigenvalue weighted by atomic mass is 16.4. The Labute approximate surface area is 87.3 Å². The van der Waals surface area contributed by atoms with Gasteiger partial charge >= 0.3 is 5.76 Å². The fraction of sp³-hybridized carbons (Fsp3) is 0.364. The zero-order valence-electron chi connectivity index (χ0n) is 9.05. The molecule has 2 rings (SSSR count). The van der Waals surface area contributed by atoms with Crippen molar-refractivity contribution in [3.8, 4) is 0 Å². The Morgan fingerprint density at radius 2 is 2.13 bits per heavy atom. The van der Waals surface area contributed by atoms with Crippen LogP contribution in [0.1, 0.15) is 19.4 Å². The standard InChI is InChI=1S/C11H14N2O2/c1-11(2,12-3)7-4-5-8-9(6-7)15-10(14)13-8/h4-6,12H,1-3H3,(H,13,14). The molecule has 0 bridgehead atoms. The molecule has 0 saturated heterocycles. The first-order valence-corrected chi connectivity index (χ1v) is 4.85. The maximum atomic E-state index is 11.0. The predicted octanol–water partition coefficient (Wildman–Crippen LogP) is 1.58. The molecule has 0 spiro atoms. The van der Waals surface area contributed by atoms with Gasteiger partial charge < -0.3 is 9.73 Å². The molecule has 2 aromatic rings. The van der Waals surface area contributed by atoms with Crippen LogP contribution in [0.15, 0.2) is 27.4 Å². The minimum atomic E-state index is -0.413. The second kappa shape index (κ2) is 3.24. The van der Waals surface area contributed by atoms with E-state index in [1.807, 2.05) is 25.2 Å². The summed E-state index contributed by atoms with van der Waals surface area (Å²) < 4.78 is 5.01. The van der Waals surface area contributed by atoms with Crippen molar-refractivity contribution in [1.29, 1.82) is 0 Å². The van der Waals surface area contributed by atoms with E-state index in [1.165, 1.54) is 0 Å². The molecule has 80 valence electrons. The number of oxazole rings is 1. The predicted molar refractivity (Wildman–Crippen MR) is 58.9 cm³/mol. The first kappa shape index (κ1) is 9.98. The topological polar surface area (TPSA) is 58.0 Å². The highest BCUT2D eigenvalue weighted by molar-refractivity contribution is 5.73. The summed E-state index contributed by atoms with van der Waals surface area (Å²) in [5.41, 5.74) is 2.28. The van der Waals surface area contributed by atoms with Crippen LogP contribution in [0, 0.1) is 0 Å². The van der Waals surface area contributed by atoms with E-state index in [9.17, 15) is 4.79 Å². The van der Waals surface area contributed by atoms with Crippen molar-refractivity contribution in [3.05, 3.63) is 34.3 Å². The molecule has 0 unspecified atom stereocenters. The van der Waals surface area contributed by atoms with E-state index >= 15 is 0 Å². The number of aromatic nitrogens is 1. The van der Waals surface area contributed by atoms with Gasteiger partial charge in [0, 0.05) is 5.54 Å². The van der Waals surface area contributed by atoms with Crippen molar-refractivity contribution in [1.82, 2.24) is 10.3 Å². The minimum Gasteiger partial charge on any atom is -0.408 e. The molecule has 1 heterocycles. The number of rotatable bonds is 2. The van der Waals surface area contributed by atoms with Gasteiger partial charge in [-0.05, 0) is 38.6 Å². The first-order chi connectivity index (χ1) is 7.03. The van der Waals surface area contributed by atoms with Crippen molar-refractivity contribution in [2.45, 2.75) is 19.4 Å². The molecule has 0 saturated carbocycles. The van der Waals surface area contributed by atoms with Gasteiger partial charge in [0.15, 0.2) is 5.58 Å². The summed E-state index contributed by atoms with van der Waals surface area (Å²) in [6.45, 7) is 4.14. The highest BCUT2D eigenvalue weighted by Gasteiger charge is 2.18. The van der Waals surface area contributed by atoms with Crippen LogP contribution in [-0.2, 0) is 5.54 Å². The van der Waals surface area contributed by atoms with Crippen LogP contribution in [0.3, 0.4) is 0 Å². The van der Waals surface area contributed by atoms with Crippen molar-refractivity contribution in [2.75, 3.05) is 7.05 Å². The van der Waals surface area contributed by atoms with Crippen LogP contribution in [0.4, 0.5) is 0 Å². The lowest BCUT2D eigenvalue weighted by Gasteiger charge is -2.24. The molecule has 1 aromatic carbocycles. The highest BCUT2D eigenvalue weighted by Crippen LogP contribution is 2.22. The zero-order chi connectivity index (χ0) is 11.1. The van der Waals surface area contributed by atoms with Crippen LogP contribution in [0.25, 0.3) is 11.1 Å². The molecule has 0 aliphatic rings. The van der Waals surface area contributed by atoms with E-state index in [1.54, 1.807) is 0 Å². The summed E-state index contributed by atoms with van der Waals surface area (Å²) >= 11 is 0. The third kappa shape index (κ3) is 1.68. The van der Waals surface area contributed by atoms with Gasteiger partial charge in [-0.1, -0.05) is 6.07 Å². The Balaban J connectivity index is 2.60. The third-order valence-corrected chi connectivity index (χ3v) is 2.77. The lowest BCUT2D eigenvalue weighted by molar-refractivity contribution is 0.444. The molecule has 0 amide bonds. The van der Waals surface area contributed by atoms with Gasteiger partial charge in [-0.2, -0.15) is 0 Å². The second-order valence-corrected chi connectivity index (χ2v) is 4.10. The van der Waals surface area contributed by atoms with Crippen molar-refractivity contribution < 1.29 is 4.42 Å².